The summed E-state index contributed by atoms with van der Waals surface area (Å²) in [5, 5.41) is 10.3. The summed E-state index contributed by atoms with van der Waals surface area (Å²) in [5.74, 6) is 0. The van der Waals surface area contributed by atoms with Crippen molar-refractivity contribution in [3.63, 3.8) is 0 Å². The number of rotatable bonds is 21. The Labute approximate surface area is 200 Å². The molecule has 0 spiro atoms. The highest BCUT2D eigenvalue weighted by Crippen LogP contribution is 2.10. The van der Waals surface area contributed by atoms with Crippen molar-refractivity contribution >= 4 is 0 Å². The van der Waals surface area contributed by atoms with Gasteiger partial charge in [-0.15, -0.1) is 0 Å². The second-order valence-corrected chi connectivity index (χ2v) is 10.1. The van der Waals surface area contributed by atoms with Crippen LogP contribution in [0.5, 0.6) is 0 Å². The number of likely N-dealkylation sites (N-methyl/N-ethyl adjacent to an activating group) is 3. The van der Waals surface area contributed by atoms with Gasteiger partial charge in [-0.1, -0.05) is 64.7 Å². The van der Waals surface area contributed by atoms with Crippen LogP contribution in [0.25, 0.3) is 0 Å². The molecule has 1 atom stereocenters. The molecule has 0 saturated carbocycles. The highest BCUT2D eigenvalue weighted by atomic mass is 16.5. The summed E-state index contributed by atoms with van der Waals surface area (Å²) in [6.45, 7) is 13.2. The van der Waals surface area contributed by atoms with Crippen LogP contribution < -0.4 is 0 Å². The SMILES string of the molecule is CCCCCCCCCCCCOCC(O)CN(C)CCN(C)CCN1CCN(C)CC1. The number of aliphatic hydroxyl groups excluding tert-OH is 1. The summed E-state index contributed by atoms with van der Waals surface area (Å²) in [5.41, 5.74) is 0. The van der Waals surface area contributed by atoms with Gasteiger partial charge in [0.2, 0.25) is 0 Å². The number of unbranched alkanes of at least 4 members (excludes halogenated alkanes) is 9. The molecule has 1 saturated heterocycles. The minimum atomic E-state index is -0.390. The first kappa shape index (κ1) is 29.8. The van der Waals surface area contributed by atoms with Crippen molar-refractivity contribution in [1.29, 1.82) is 0 Å². The Balaban J connectivity index is 1.89. The van der Waals surface area contributed by atoms with E-state index in [1.165, 1.54) is 84.0 Å². The minimum Gasteiger partial charge on any atom is -0.389 e. The molecular weight excluding hydrogens is 400 g/mol. The Morgan fingerprint density at radius 3 is 1.97 bits per heavy atom. The molecule has 0 aromatic carbocycles. The summed E-state index contributed by atoms with van der Waals surface area (Å²) in [7, 11) is 6.51. The standard InChI is InChI=1S/C26H56N4O2/c1-5-6-7-8-9-10-11-12-13-14-23-32-25-26(31)24-29(4)16-15-27(2)17-20-30-21-18-28(3)19-22-30/h26,31H,5-25H2,1-4H3. The van der Waals surface area contributed by atoms with Crippen molar-refractivity contribution < 1.29 is 9.84 Å². The summed E-state index contributed by atoms with van der Waals surface area (Å²) in [6.07, 6.45) is 13.0. The first-order valence-corrected chi connectivity index (χ1v) is 13.5. The van der Waals surface area contributed by atoms with E-state index in [2.05, 4.69) is 47.7 Å². The molecule has 1 heterocycles. The lowest BCUT2D eigenvalue weighted by Crippen LogP contribution is -2.47. The number of nitrogens with zero attached hydrogens (tertiary/aromatic N) is 4. The maximum Gasteiger partial charge on any atom is 0.0900 e. The zero-order valence-electron chi connectivity index (χ0n) is 22.1. The smallest absolute Gasteiger partial charge is 0.0900 e. The molecule has 6 heteroatoms. The third-order valence-electron chi connectivity index (χ3n) is 6.73. The number of hydrogen-bond donors (Lipinski definition) is 1. The molecule has 1 aliphatic heterocycles. The van der Waals surface area contributed by atoms with E-state index in [1.807, 2.05) is 0 Å². The fourth-order valence-electron chi connectivity index (χ4n) is 4.25. The largest absolute Gasteiger partial charge is 0.389 e. The van der Waals surface area contributed by atoms with Gasteiger partial charge in [0, 0.05) is 65.5 Å². The lowest BCUT2D eigenvalue weighted by atomic mass is 10.1. The van der Waals surface area contributed by atoms with Crippen molar-refractivity contribution in [1.82, 2.24) is 19.6 Å². The lowest BCUT2D eigenvalue weighted by molar-refractivity contribution is 0.0185. The van der Waals surface area contributed by atoms with Crippen LogP contribution in [-0.4, -0.2) is 124 Å². The number of hydrogen-bond acceptors (Lipinski definition) is 6. The van der Waals surface area contributed by atoms with Crippen LogP contribution >= 0.6 is 0 Å². The second kappa shape index (κ2) is 20.2. The van der Waals surface area contributed by atoms with Gasteiger partial charge >= 0.3 is 0 Å². The van der Waals surface area contributed by atoms with Crippen LogP contribution in [-0.2, 0) is 4.74 Å². The van der Waals surface area contributed by atoms with Crippen LogP contribution in [0, 0.1) is 0 Å². The van der Waals surface area contributed by atoms with Gasteiger partial charge in [-0.25, -0.2) is 0 Å². The van der Waals surface area contributed by atoms with Crippen LogP contribution in [0.3, 0.4) is 0 Å². The summed E-state index contributed by atoms with van der Waals surface area (Å²) >= 11 is 0. The monoisotopic (exact) mass is 456 g/mol. The van der Waals surface area contributed by atoms with Crippen LogP contribution in [0.2, 0.25) is 0 Å². The third-order valence-corrected chi connectivity index (χ3v) is 6.73. The molecule has 1 N–H and O–H groups in total. The van der Waals surface area contributed by atoms with Gasteiger partial charge in [0.25, 0.3) is 0 Å². The molecule has 0 radical (unpaired) electrons. The van der Waals surface area contributed by atoms with Crippen molar-refractivity contribution in [2.24, 2.45) is 0 Å². The average molecular weight is 457 g/mol. The molecular formula is C26H56N4O2. The van der Waals surface area contributed by atoms with Gasteiger partial charge in [-0.3, -0.25) is 4.90 Å². The van der Waals surface area contributed by atoms with Gasteiger partial charge in [0.05, 0.1) is 12.7 Å². The maximum atomic E-state index is 10.3. The molecule has 1 fully saturated rings. The van der Waals surface area contributed by atoms with E-state index < -0.39 is 6.10 Å². The van der Waals surface area contributed by atoms with E-state index in [4.69, 9.17) is 4.74 Å². The van der Waals surface area contributed by atoms with Crippen LogP contribution in [0.1, 0.15) is 71.1 Å². The van der Waals surface area contributed by atoms with Gasteiger partial charge < -0.3 is 24.5 Å². The molecule has 1 unspecified atom stereocenters. The molecule has 32 heavy (non-hydrogen) atoms. The van der Waals surface area contributed by atoms with Crippen LogP contribution in [0.15, 0.2) is 0 Å². The topological polar surface area (TPSA) is 42.4 Å². The first-order valence-electron chi connectivity index (χ1n) is 13.5. The summed E-state index contributed by atoms with van der Waals surface area (Å²) < 4.78 is 5.71. The van der Waals surface area contributed by atoms with Gasteiger partial charge in [0.1, 0.15) is 0 Å². The van der Waals surface area contributed by atoms with E-state index in [0.717, 1.165) is 39.2 Å². The predicted molar refractivity (Wildman–Crippen MR) is 138 cm³/mol. The second-order valence-electron chi connectivity index (χ2n) is 10.1. The molecule has 1 rings (SSSR count). The highest BCUT2D eigenvalue weighted by molar-refractivity contribution is 4.70. The first-order chi connectivity index (χ1) is 15.5. The maximum absolute atomic E-state index is 10.3. The Kier molecular flexibility index (Phi) is 18.8. The van der Waals surface area contributed by atoms with E-state index in [0.29, 0.717) is 13.2 Å². The number of aliphatic hydroxyl groups is 1. The Hall–Kier alpha value is -0.240. The summed E-state index contributed by atoms with van der Waals surface area (Å²) in [6, 6.07) is 0. The lowest BCUT2D eigenvalue weighted by Gasteiger charge is -2.33. The molecule has 1 aliphatic rings. The van der Waals surface area contributed by atoms with Crippen molar-refractivity contribution in [2.45, 2.75) is 77.2 Å². The fourth-order valence-corrected chi connectivity index (χ4v) is 4.25. The number of ether oxygens (including phenoxy) is 1. The number of piperazine rings is 1. The fraction of sp³-hybridized carbons (Fsp3) is 1.00. The molecule has 6 nitrogen and oxygen atoms in total. The summed E-state index contributed by atoms with van der Waals surface area (Å²) in [4.78, 5) is 9.60. The normalized spacial score (nSPS) is 17.0. The Morgan fingerprint density at radius 2 is 1.34 bits per heavy atom. The zero-order chi connectivity index (χ0) is 23.4. The van der Waals surface area contributed by atoms with Gasteiger partial charge in [-0.05, 0) is 27.6 Å². The average Bonchev–Trinajstić information content (AvgIpc) is 2.78. The minimum absolute atomic E-state index is 0.390. The molecule has 0 aliphatic carbocycles. The van der Waals surface area contributed by atoms with Gasteiger partial charge in [0.15, 0.2) is 0 Å². The molecule has 0 bridgehead atoms. The Morgan fingerprint density at radius 1 is 0.781 bits per heavy atom. The molecule has 0 amide bonds. The predicted octanol–water partition coefficient (Wildman–Crippen LogP) is 3.40. The highest BCUT2D eigenvalue weighted by Gasteiger charge is 2.14. The van der Waals surface area contributed by atoms with Crippen molar-refractivity contribution in [2.75, 3.05) is 93.3 Å². The van der Waals surface area contributed by atoms with E-state index in [1.54, 1.807) is 0 Å². The van der Waals surface area contributed by atoms with Gasteiger partial charge in [-0.2, -0.15) is 0 Å². The molecule has 0 aromatic heterocycles. The quantitative estimate of drug-likeness (QED) is 0.267. The molecule has 0 aromatic rings. The van der Waals surface area contributed by atoms with Crippen molar-refractivity contribution in [3.8, 4) is 0 Å². The third kappa shape index (κ3) is 17.3. The van der Waals surface area contributed by atoms with Crippen molar-refractivity contribution in [3.05, 3.63) is 0 Å². The van der Waals surface area contributed by atoms with E-state index >= 15 is 0 Å². The zero-order valence-corrected chi connectivity index (χ0v) is 22.1. The van der Waals surface area contributed by atoms with Crippen LogP contribution in [0.4, 0.5) is 0 Å². The Bertz CT molecular complexity index is 405. The van der Waals surface area contributed by atoms with E-state index in [9.17, 15) is 5.11 Å². The van der Waals surface area contributed by atoms with E-state index in [-0.39, 0.29) is 0 Å². The molecule has 192 valence electrons.